The van der Waals surface area contributed by atoms with Crippen LogP contribution in [0.25, 0.3) is 0 Å². The normalized spacial score (nSPS) is 10.1. The molecule has 0 aliphatic rings. The smallest absolute Gasteiger partial charge is 0.269 e. The van der Waals surface area contributed by atoms with Gasteiger partial charge >= 0.3 is 0 Å². The van der Waals surface area contributed by atoms with E-state index in [2.05, 4.69) is 5.32 Å². The molecule has 0 spiro atoms. The Bertz CT molecular complexity index is 626. The van der Waals surface area contributed by atoms with Crippen molar-refractivity contribution in [1.29, 1.82) is 0 Å². The third-order valence-corrected chi connectivity index (χ3v) is 2.94. The fraction of sp³-hybridized carbons (Fsp3) is 0.200. The number of nitro benzene ring substituents is 1. The number of benzene rings is 2. The summed E-state index contributed by atoms with van der Waals surface area (Å²) in [7, 11) is 0. The number of hydrogen-bond donors (Lipinski definition) is 2. The molecule has 0 heterocycles. The van der Waals surface area contributed by atoms with E-state index in [-0.39, 0.29) is 11.4 Å². The van der Waals surface area contributed by atoms with E-state index in [1.54, 1.807) is 30.3 Å². The van der Waals surface area contributed by atoms with Crippen LogP contribution in [0.4, 0.5) is 11.4 Å². The first kappa shape index (κ1) is 14.6. The number of anilines is 1. The van der Waals surface area contributed by atoms with Crippen LogP contribution in [0, 0.1) is 10.1 Å². The molecule has 0 aromatic heterocycles. The van der Waals surface area contributed by atoms with E-state index in [9.17, 15) is 15.2 Å². The molecule has 2 rings (SSSR count). The quantitative estimate of drug-likeness (QED) is 0.629. The van der Waals surface area contributed by atoms with E-state index in [0.717, 1.165) is 5.69 Å². The average Bonchev–Trinajstić information content (AvgIpc) is 2.49. The Morgan fingerprint density at radius 3 is 2.57 bits per heavy atom. The Labute approximate surface area is 122 Å². The summed E-state index contributed by atoms with van der Waals surface area (Å²) in [6, 6.07) is 11.4. The molecule has 0 fully saturated rings. The van der Waals surface area contributed by atoms with Gasteiger partial charge in [0.25, 0.3) is 5.69 Å². The monoisotopic (exact) mass is 288 g/mol. The van der Waals surface area contributed by atoms with Crippen LogP contribution in [0.5, 0.6) is 11.5 Å². The summed E-state index contributed by atoms with van der Waals surface area (Å²) in [5.74, 6) is 0.550. The van der Waals surface area contributed by atoms with Gasteiger partial charge in [0.1, 0.15) is 0 Å². The minimum Gasteiger partial charge on any atom is -0.504 e. The number of hydrogen-bond acceptors (Lipinski definition) is 5. The number of phenols is 1. The van der Waals surface area contributed by atoms with Gasteiger partial charge in [0.05, 0.1) is 11.5 Å². The van der Waals surface area contributed by atoms with Crippen LogP contribution < -0.4 is 10.1 Å². The molecule has 2 N–H and O–H groups in total. The fourth-order valence-electron chi connectivity index (χ4n) is 1.88. The second-order valence-electron chi connectivity index (χ2n) is 4.35. The van der Waals surface area contributed by atoms with E-state index < -0.39 is 4.92 Å². The third-order valence-electron chi connectivity index (χ3n) is 2.94. The molecular weight excluding hydrogens is 272 g/mol. The van der Waals surface area contributed by atoms with Gasteiger partial charge in [-0.25, -0.2) is 0 Å². The molecule has 0 saturated carbocycles. The minimum absolute atomic E-state index is 0.0433. The van der Waals surface area contributed by atoms with E-state index in [0.29, 0.717) is 24.5 Å². The number of para-hydroxylation sites is 1. The molecule has 2 aromatic rings. The predicted octanol–water partition coefficient (Wildman–Crippen LogP) is 3.31. The molecule has 6 nitrogen and oxygen atoms in total. The van der Waals surface area contributed by atoms with Crippen LogP contribution in [0.1, 0.15) is 12.5 Å². The van der Waals surface area contributed by atoms with Crippen molar-refractivity contribution in [2.75, 3.05) is 11.9 Å². The number of aromatic hydroxyl groups is 1. The first-order valence-corrected chi connectivity index (χ1v) is 6.53. The highest BCUT2D eigenvalue weighted by atomic mass is 16.6. The Balaban J connectivity index is 2.06. The van der Waals surface area contributed by atoms with Gasteiger partial charge in [0.15, 0.2) is 11.5 Å². The van der Waals surface area contributed by atoms with Crippen molar-refractivity contribution >= 4 is 11.4 Å². The molecule has 110 valence electrons. The average molecular weight is 288 g/mol. The summed E-state index contributed by atoms with van der Waals surface area (Å²) < 4.78 is 5.32. The molecule has 2 aromatic carbocycles. The van der Waals surface area contributed by atoms with Gasteiger partial charge in [0.2, 0.25) is 0 Å². The lowest BCUT2D eigenvalue weighted by molar-refractivity contribution is -0.384. The molecule has 0 aliphatic heterocycles. The highest BCUT2D eigenvalue weighted by Crippen LogP contribution is 2.30. The molecule has 0 radical (unpaired) electrons. The maximum atomic E-state index is 10.6. The summed E-state index contributed by atoms with van der Waals surface area (Å²) in [5, 5.41) is 23.7. The van der Waals surface area contributed by atoms with Gasteiger partial charge in [-0.05, 0) is 25.1 Å². The molecule has 0 bridgehead atoms. The van der Waals surface area contributed by atoms with Gasteiger partial charge in [-0.1, -0.05) is 12.1 Å². The number of rotatable bonds is 6. The second-order valence-corrected chi connectivity index (χ2v) is 4.35. The molecule has 0 unspecified atom stereocenters. The number of nitrogens with one attached hydrogen (secondary N) is 1. The van der Waals surface area contributed by atoms with Crippen LogP contribution in [0.3, 0.4) is 0 Å². The first-order chi connectivity index (χ1) is 10.1. The Hall–Kier alpha value is -2.76. The maximum absolute atomic E-state index is 10.6. The first-order valence-electron chi connectivity index (χ1n) is 6.53. The molecule has 6 heteroatoms. The second kappa shape index (κ2) is 6.60. The van der Waals surface area contributed by atoms with Crippen molar-refractivity contribution in [3.05, 3.63) is 58.1 Å². The van der Waals surface area contributed by atoms with Crippen molar-refractivity contribution in [2.45, 2.75) is 13.5 Å². The van der Waals surface area contributed by atoms with Crippen molar-refractivity contribution in [1.82, 2.24) is 0 Å². The molecule has 0 saturated heterocycles. The summed E-state index contributed by atoms with van der Waals surface area (Å²) in [6.07, 6.45) is 0. The lowest BCUT2D eigenvalue weighted by Gasteiger charge is -2.11. The predicted molar refractivity (Wildman–Crippen MR) is 79.7 cm³/mol. The van der Waals surface area contributed by atoms with Gasteiger partial charge in [-0.2, -0.15) is 0 Å². The lowest BCUT2D eigenvalue weighted by Crippen LogP contribution is -2.01. The number of phenolic OH excluding ortho intramolecular Hbond substituents is 1. The summed E-state index contributed by atoms with van der Waals surface area (Å²) in [6.45, 7) is 2.72. The number of non-ortho nitro benzene ring substituents is 1. The minimum atomic E-state index is -0.443. The Morgan fingerprint density at radius 2 is 1.95 bits per heavy atom. The molecule has 0 aliphatic carbocycles. The largest absolute Gasteiger partial charge is 0.504 e. The van der Waals surface area contributed by atoms with Crippen molar-refractivity contribution in [2.24, 2.45) is 0 Å². The zero-order valence-corrected chi connectivity index (χ0v) is 11.6. The highest BCUT2D eigenvalue weighted by Gasteiger charge is 2.08. The molecule has 0 amide bonds. The summed E-state index contributed by atoms with van der Waals surface area (Å²) in [5.41, 5.74) is 1.47. The van der Waals surface area contributed by atoms with Crippen LogP contribution in [-0.2, 0) is 6.54 Å². The van der Waals surface area contributed by atoms with Crippen molar-refractivity contribution in [3.8, 4) is 11.5 Å². The zero-order chi connectivity index (χ0) is 15.2. The summed E-state index contributed by atoms with van der Waals surface area (Å²) in [4.78, 5) is 10.1. The van der Waals surface area contributed by atoms with Crippen LogP contribution in [0.2, 0.25) is 0 Å². The van der Waals surface area contributed by atoms with Gasteiger partial charge < -0.3 is 15.2 Å². The number of nitrogens with zero attached hydrogens (tertiary/aromatic N) is 1. The molecular formula is C15H16N2O4. The van der Waals surface area contributed by atoms with Gasteiger partial charge in [-0.3, -0.25) is 10.1 Å². The zero-order valence-electron chi connectivity index (χ0n) is 11.6. The SMILES string of the molecule is CCOc1cccc(CNc2ccc([N+](=O)[O-])cc2)c1O. The van der Waals surface area contributed by atoms with Crippen molar-refractivity contribution < 1.29 is 14.8 Å². The molecule has 0 atom stereocenters. The van der Waals surface area contributed by atoms with Gasteiger partial charge in [-0.15, -0.1) is 0 Å². The Morgan fingerprint density at radius 1 is 1.24 bits per heavy atom. The molecule has 21 heavy (non-hydrogen) atoms. The van der Waals surface area contributed by atoms with E-state index in [4.69, 9.17) is 4.74 Å². The van der Waals surface area contributed by atoms with E-state index in [1.807, 2.05) is 6.92 Å². The summed E-state index contributed by atoms with van der Waals surface area (Å²) >= 11 is 0. The highest BCUT2D eigenvalue weighted by molar-refractivity contribution is 5.51. The number of ether oxygens (including phenoxy) is 1. The van der Waals surface area contributed by atoms with E-state index >= 15 is 0 Å². The van der Waals surface area contributed by atoms with E-state index in [1.165, 1.54) is 12.1 Å². The van der Waals surface area contributed by atoms with Crippen LogP contribution in [-0.4, -0.2) is 16.6 Å². The number of nitro groups is 1. The van der Waals surface area contributed by atoms with Crippen LogP contribution in [0.15, 0.2) is 42.5 Å². The lowest BCUT2D eigenvalue weighted by atomic mass is 10.1. The third kappa shape index (κ3) is 3.62. The Kier molecular flexibility index (Phi) is 4.61. The van der Waals surface area contributed by atoms with Gasteiger partial charge in [0, 0.05) is 29.9 Å². The fourth-order valence-corrected chi connectivity index (χ4v) is 1.88. The standard InChI is InChI=1S/C15H16N2O4/c1-2-21-14-5-3-4-11(15(14)18)10-16-12-6-8-13(9-7-12)17(19)20/h3-9,16,18H,2,10H2,1H3. The van der Waals surface area contributed by atoms with Crippen LogP contribution >= 0.6 is 0 Å². The topological polar surface area (TPSA) is 84.6 Å². The van der Waals surface area contributed by atoms with Crippen molar-refractivity contribution in [3.63, 3.8) is 0 Å². The maximum Gasteiger partial charge on any atom is 0.269 e.